The molecule has 1 aliphatic rings. The van der Waals surface area contributed by atoms with Gasteiger partial charge in [-0.05, 0) is 77.0 Å². The smallest absolute Gasteiger partial charge is 0.408 e. The number of amides is 1. The number of carbonyl (C=O) groups is 2. The Kier molecular flexibility index (Phi) is 9.13. The molecule has 0 aromatic heterocycles. The Morgan fingerprint density at radius 2 is 1.84 bits per heavy atom. The summed E-state index contributed by atoms with van der Waals surface area (Å²) in [5.41, 5.74) is -0.381. The van der Waals surface area contributed by atoms with Gasteiger partial charge in [-0.3, -0.25) is 0 Å². The number of aliphatic carboxylic acids is 1. The number of hydrogen-bond donors (Lipinski definition) is 3. The maximum absolute atomic E-state index is 12.5. The van der Waals surface area contributed by atoms with Gasteiger partial charge in [0.25, 0.3) is 0 Å². The van der Waals surface area contributed by atoms with Gasteiger partial charge in [-0.25, -0.2) is 9.59 Å². The van der Waals surface area contributed by atoms with E-state index in [0.29, 0.717) is 12.8 Å². The van der Waals surface area contributed by atoms with E-state index in [1.165, 1.54) is 0 Å². The number of benzene rings is 1. The fraction of sp³-hybridized carbons (Fsp3) is 0.600. The van der Waals surface area contributed by atoms with Crippen LogP contribution in [-0.2, 0) is 16.0 Å². The number of carboxylic acids is 1. The van der Waals surface area contributed by atoms with Crippen LogP contribution in [-0.4, -0.2) is 46.6 Å². The van der Waals surface area contributed by atoms with Gasteiger partial charge in [0.1, 0.15) is 16.9 Å². The molecule has 7 nitrogen and oxygen atoms in total. The molecule has 0 saturated carbocycles. The second kappa shape index (κ2) is 11.4. The van der Waals surface area contributed by atoms with Crippen LogP contribution in [0.5, 0.6) is 5.75 Å². The van der Waals surface area contributed by atoms with Crippen LogP contribution in [0.4, 0.5) is 4.79 Å². The van der Waals surface area contributed by atoms with E-state index in [-0.39, 0.29) is 12.8 Å². The van der Waals surface area contributed by atoms with Crippen LogP contribution in [0.3, 0.4) is 0 Å². The van der Waals surface area contributed by atoms with Gasteiger partial charge in [0.15, 0.2) is 0 Å². The number of aliphatic hydroxyl groups excluding tert-OH is 1. The maximum atomic E-state index is 12.5. The van der Waals surface area contributed by atoms with Gasteiger partial charge < -0.3 is 25.0 Å². The maximum Gasteiger partial charge on any atom is 0.408 e. The molecule has 1 aromatic carbocycles. The molecular weight excluding hydrogens is 410 g/mol. The summed E-state index contributed by atoms with van der Waals surface area (Å²) in [6, 6.07) is 7.54. The van der Waals surface area contributed by atoms with Crippen molar-refractivity contribution in [1.82, 2.24) is 5.32 Å². The summed E-state index contributed by atoms with van der Waals surface area (Å²) in [6.45, 7) is 5.17. The Labute approximate surface area is 190 Å². The van der Waals surface area contributed by atoms with Crippen LogP contribution in [0.15, 0.2) is 35.9 Å². The van der Waals surface area contributed by atoms with E-state index < -0.39 is 29.3 Å². The highest BCUT2D eigenvalue weighted by Crippen LogP contribution is 2.30. The van der Waals surface area contributed by atoms with Crippen molar-refractivity contribution in [3.63, 3.8) is 0 Å². The van der Waals surface area contributed by atoms with Crippen LogP contribution in [0.2, 0.25) is 0 Å². The van der Waals surface area contributed by atoms with Gasteiger partial charge in [-0.1, -0.05) is 23.8 Å². The molecule has 7 heteroatoms. The van der Waals surface area contributed by atoms with Gasteiger partial charge in [0.2, 0.25) is 0 Å². The average molecular weight is 448 g/mol. The summed E-state index contributed by atoms with van der Waals surface area (Å²) >= 11 is 0. The lowest BCUT2D eigenvalue weighted by atomic mass is 9.81. The highest BCUT2D eigenvalue weighted by atomic mass is 16.6. The molecule has 178 valence electrons. The molecule has 2 rings (SSSR count). The van der Waals surface area contributed by atoms with E-state index in [9.17, 15) is 19.8 Å². The first-order chi connectivity index (χ1) is 15.0. The molecule has 0 radical (unpaired) electrons. The number of methoxy groups -OCH3 is 1. The first-order valence-electron chi connectivity index (χ1n) is 11.3. The molecule has 0 bridgehead atoms. The zero-order chi connectivity index (χ0) is 23.8. The molecule has 0 unspecified atom stereocenters. The summed E-state index contributed by atoms with van der Waals surface area (Å²) in [4.78, 5) is 25.0. The van der Waals surface area contributed by atoms with Crippen LogP contribution in [0.1, 0.15) is 71.3 Å². The normalized spacial score (nSPS) is 17.0. The zero-order valence-electron chi connectivity index (χ0n) is 19.6. The lowest BCUT2D eigenvalue weighted by Gasteiger charge is -2.34. The van der Waals surface area contributed by atoms with Gasteiger partial charge in [0.05, 0.1) is 13.2 Å². The number of carbonyl (C=O) groups excluding carboxylic acids is 1. The van der Waals surface area contributed by atoms with Gasteiger partial charge in [0, 0.05) is 12.8 Å². The third kappa shape index (κ3) is 8.19. The molecule has 0 aliphatic heterocycles. The quantitative estimate of drug-likeness (QED) is 0.452. The molecule has 1 aromatic rings. The highest BCUT2D eigenvalue weighted by Gasteiger charge is 2.43. The number of aryl methyl sites for hydroxylation is 1. The van der Waals surface area contributed by atoms with Gasteiger partial charge in [-0.2, -0.15) is 0 Å². The summed E-state index contributed by atoms with van der Waals surface area (Å²) in [7, 11) is 1.60. The minimum absolute atomic E-state index is 0.102. The van der Waals surface area contributed by atoms with E-state index in [2.05, 4.69) is 11.4 Å². The molecule has 0 saturated heterocycles. The largest absolute Gasteiger partial charge is 0.497 e. The summed E-state index contributed by atoms with van der Waals surface area (Å²) in [5.74, 6) is -0.417. The second-order valence-corrected chi connectivity index (χ2v) is 9.54. The Morgan fingerprint density at radius 3 is 2.38 bits per heavy atom. The zero-order valence-corrected chi connectivity index (χ0v) is 19.6. The first-order valence-corrected chi connectivity index (χ1v) is 11.3. The monoisotopic (exact) mass is 447 g/mol. The highest BCUT2D eigenvalue weighted by molar-refractivity contribution is 5.85. The van der Waals surface area contributed by atoms with E-state index in [1.807, 2.05) is 24.3 Å². The standard InChI is InChI=1S/C25H37NO6/c1-24(2,3)32-23(30)26-25(22(28)29,16-19-8-6-5-7-9-19)17-20(27)13-10-18-11-14-21(31-4)15-12-18/h8,11-12,14-15,20,27H,5-7,9-10,13,16-17H2,1-4H3,(H,26,30)(H,28,29)/t20-,25+/m0/s1. The van der Waals surface area contributed by atoms with Crippen molar-refractivity contribution in [2.75, 3.05) is 7.11 Å². The van der Waals surface area contributed by atoms with Crippen molar-refractivity contribution in [1.29, 1.82) is 0 Å². The van der Waals surface area contributed by atoms with Crippen molar-refractivity contribution >= 4 is 12.1 Å². The minimum atomic E-state index is -1.63. The number of nitrogens with one attached hydrogen (secondary N) is 1. The molecule has 0 fully saturated rings. The number of aliphatic hydroxyl groups is 1. The molecule has 32 heavy (non-hydrogen) atoms. The molecule has 0 heterocycles. The summed E-state index contributed by atoms with van der Waals surface area (Å²) in [5, 5.41) is 23.5. The van der Waals surface area contributed by atoms with Crippen LogP contribution in [0, 0.1) is 0 Å². The molecular formula is C25H37NO6. The predicted octanol–water partition coefficient (Wildman–Crippen LogP) is 4.62. The van der Waals surface area contributed by atoms with Crippen molar-refractivity contribution in [3.05, 3.63) is 41.5 Å². The van der Waals surface area contributed by atoms with Crippen LogP contribution >= 0.6 is 0 Å². The van der Waals surface area contributed by atoms with E-state index >= 15 is 0 Å². The van der Waals surface area contributed by atoms with Gasteiger partial charge in [-0.15, -0.1) is 0 Å². The van der Waals surface area contributed by atoms with Crippen LogP contribution in [0.25, 0.3) is 0 Å². The van der Waals surface area contributed by atoms with E-state index in [4.69, 9.17) is 9.47 Å². The topological polar surface area (TPSA) is 105 Å². The van der Waals surface area contributed by atoms with Crippen molar-refractivity contribution in [2.45, 2.75) is 89.4 Å². The Balaban J connectivity index is 2.15. The second-order valence-electron chi connectivity index (χ2n) is 9.54. The molecule has 1 aliphatic carbocycles. The van der Waals surface area contributed by atoms with Crippen LogP contribution < -0.4 is 10.1 Å². The number of allylic oxidation sites excluding steroid dienone is 1. The number of hydrogen-bond acceptors (Lipinski definition) is 5. The van der Waals surface area contributed by atoms with Crippen molar-refractivity contribution < 1.29 is 29.3 Å². The molecule has 1 amide bonds. The predicted molar refractivity (Wildman–Crippen MR) is 123 cm³/mol. The van der Waals surface area contributed by atoms with E-state index in [0.717, 1.165) is 42.6 Å². The third-order valence-corrected chi connectivity index (χ3v) is 5.57. The number of rotatable bonds is 10. The van der Waals surface area contributed by atoms with E-state index in [1.54, 1.807) is 27.9 Å². The number of alkyl carbamates (subject to hydrolysis) is 1. The fourth-order valence-electron chi connectivity index (χ4n) is 3.97. The Morgan fingerprint density at radius 1 is 1.16 bits per heavy atom. The number of ether oxygens (including phenoxy) is 2. The lowest BCUT2D eigenvalue weighted by molar-refractivity contribution is -0.146. The SMILES string of the molecule is COc1ccc(CC[C@H](O)C[C@@](CC2=CCCCC2)(NC(=O)OC(C)(C)C)C(=O)O)cc1. The summed E-state index contributed by atoms with van der Waals surface area (Å²) < 4.78 is 10.5. The average Bonchev–Trinajstić information content (AvgIpc) is 2.71. The molecule has 2 atom stereocenters. The molecule has 0 spiro atoms. The summed E-state index contributed by atoms with van der Waals surface area (Å²) in [6.07, 6.45) is 5.13. The third-order valence-electron chi connectivity index (χ3n) is 5.57. The van der Waals surface area contributed by atoms with Crippen molar-refractivity contribution in [3.8, 4) is 5.75 Å². The minimum Gasteiger partial charge on any atom is -0.497 e. The first kappa shape index (κ1) is 25.7. The Hall–Kier alpha value is -2.54. The van der Waals surface area contributed by atoms with Gasteiger partial charge >= 0.3 is 12.1 Å². The lowest BCUT2D eigenvalue weighted by Crippen LogP contribution is -2.57. The van der Waals surface area contributed by atoms with Crippen molar-refractivity contribution in [2.24, 2.45) is 0 Å². The molecule has 3 N–H and O–H groups in total. The Bertz CT molecular complexity index is 796. The number of carboxylic acid groups (broad SMARTS) is 1. The fourth-order valence-corrected chi connectivity index (χ4v) is 3.97.